The number of amides is 1. The van der Waals surface area contributed by atoms with Gasteiger partial charge >= 0.3 is 0 Å². The first-order chi connectivity index (χ1) is 7.13. The second-order valence-electron chi connectivity index (χ2n) is 3.17. The Balaban J connectivity index is 2.42. The Morgan fingerprint density at radius 2 is 2.47 bits per heavy atom. The van der Waals surface area contributed by atoms with Gasteiger partial charge in [0.05, 0.1) is 9.35 Å². The van der Waals surface area contributed by atoms with Crippen molar-refractivity contribution in [1.82, 2.24) is 5.32 Å². The number of nitrogens with one attached hydrogen (secondary N) is 1. The Kier molecular flexibility index (Phi) is 5.71. The molecule has 1 N–H and O–H groups in total. The lowest BCUT2D eigenvalue weighted by molar-refractivity contribution is 0.0944. The SMILES string of the molecule is CCSCC(C)NC(=O)c1csc(Br)c1. The van der Waals surface area contributed by atoms with Crippen LogP contribution in [0.15, 0.2) is 15.2 Å². The fraction of sp³-hybridized carbons (Fsp3) is 0.500. The summed E-state index contributed by atoms with van der Waals surface area (Å²) in [4.78, 5) is 11.7. The number of thiophene rings is 1. The summed E-state index contributed by atoms with van der Waals surface area (Å²) >= 11 is 6.71. The quantitative estimate of drug-likeness (QED) is 0.903. The fourth-order valence-corrected chi connectivity index (χ4v) is 2.88. The van der Waals surface area contributed by atoms with Crippen LogP contribution in [0.3, 0.4) is 0 Å². The summed E-state index contributed by atoms with van der Waals surface area (Å²) in [5.41, 5.74) is 0.736. The summed E-state index contributed by atoms with van der Waals surface area (Å²) in [6.45, 7) is 4.15. The van der Waals surface area contributed by atoms with Gasteiger partial charge in [-0.15, -0.1) is 11.3 Å². The molecule has 1 amide bonds. The molecular formula is C10H14BrNOS2. The van der Waals surface area contributed by atoms with E-state index in [9.17, 15) is 4.79 Å². The zero-order chi connectivity index (χ0) is 11.3. The number of hydrogen-bond donors (Lipinski definition) is 1. The van der Waals surface area contributed by atoms with Gasteiger partial charge in [0.15, 0.2) is 0 Å². The number of rotatable bonds is 5. The van der Waals surface area contributed by atoms with E-state index in [0.29, 0.717) is 0 Å². The summed E-state index contributed by atoms with van der Waals surface area (Å²) in [5.74, 6) is 2.07. The zero-order valence-electron chi connectivity index (χ0n) is 8.75. The standard InChI is InChI=1S/C10H14BrNOS2/c1-3-14-5-7(2)12-10(13)8-4-9(11)15-6-8/h4,6-7H,3,5H2,1-2H3,(H,12,13). The van der Waals surface area contributed by atoms with Crippen LogP contribution >= 0.6 is 39.0 Å². The summed E-state index contributed by atoms with van der Waals surface area (Å²) < 4.78 is 0.989. The molecule has 0 spiro atoms. The predicted octanol–water partition coefficient (Wildman–Crippen LogP) is 3.38. The average Bonchev–Trinajstić information content (AvgIpc) is 2.61. The van der Waals surface area contributed by atoms with Gasteiger partial charge in [-0.25, -0.2) is 0 Å². The van der Waals surface area contributed by atoms with Crippen LogP contribution < -0.4 is 5.32 Å². The topological polar surface area (TPSA) is 29.1 Å². The van der Waals surface area contributed by atoms with E-state index in [1.807, 2.05) is 30.1 Å². The molecule has 84 valence electrons. The van der Waals surface area contributed by atoms with E-state index in [0.717, 1.165) is 20.9 Å². The van der Waals surface area contributed by atoms with Gasteiger partial charge in [-0.1, -0.05) is 6.92 Å². The van der Waals surface area contributed by atoms with Gasteiger partial charge in [0.2, 0.25) is 0 Å². The van der Waals surface area contributed by atoms with E-state index in [2.05, 4.69) is 28.2 Å². The highest BCUT2D eigenvalue weighted by Crippen LogP contribution is 2.20. The Bertz CT molecular complexity index is 327. The molecule has 1 rings (SSSR count). The molecule has 0 saturated carbocycles. The number of carbonyl (C=O) groups excluding carboxylic acids is 1. The average molecular weight is 308 g/mol. The number of carbonyl (C=O) groups is 1. The van der Waals surface area contributed by atoms with Gasteiger partial charge in [0, 0.05) is 17.2 Å². The lowest BCUT2D eigenvalue weighted by Gasteiger charge is -2.12. The second-order valence-corrected chi connectivity index (χ2v) is 6.78. The second kappa shape index (κ2) is 6.55. The van der Waals surface area contributed by atoms with Crippen LogP contribution in [0.1, 0.15) is 24.2 Å². The molecule has 0 fully saturated rings. The van der Waals surface area contributed by atoms with E-state index < -0.39 is 0 Å². The summed E-state index contributed by atoms with van der Waals surface area (Å²) in [7, 11) is 0. The smallest absolute Gasteiger partial charge is 0.252 e. The molecule has 0 bridgehead atoms. The normalized spacial score (nSPS) is 12.5. The molecule has 15 heavy (non-hydrogen) atoms. The monoisotopic (exact) mass is 307 g/mol. The molecular weight excluding hydrogens is 294 g/mol. The van der Waals surface area contributed by atoms with Gasteiger partial charge in [-0.3, -0.25) is 4.79 Å². The highest BCUT2D eigenvalue weighted by atomic mass is 79.9. The molecule has 2 nitrogen and oxygen atoms in total. The van der Waals surface area contributed by atoms with E-state index in [4.69, 9.17) is 0 Å². The molecule has 1 unspecified atom stereocenters. The maximum atomic E-state index is 11.7. The van der Waals surface area contributed by atoms with E-state index in [-0.39, 0.29) is 11.9 Å². The van der Waals surface area contributed by atoms with Crippen LogP contribution in [0.25, 0.3) is 0 Å². The Labute approximate surface area is 107 Å². The minimum Gasteiger partial charge on any atom is -0.349 e. The Morgan fingerprint density at radius 1 is 1.73 bits per heavy atom. The van der Waals surface area contributed by atoms with Crippen molar-refractivity contribution in [2.24, 2.45) is 0 Å². The summed E-state index contributed by atoms with van der Waals surface area (Å²) in [6.07, 6.45) is 0. The molecule has 0 radical (unpaired) electrons. The minimum absolute atomic E-state index is 0.0150. The third-order valence-corrected chi connectivity index (χ3v) is 4.43. The first kappa shape index (κ1) is 13.1. The lowest BCUT2D eigenvalue weighted by atomic mass is 10.3. The highest BCUT2D eigenvalue weighted by Gasteiger charge is 2.10. The molecule has 1 heterocycles. The lowest BCUT2D eigenvalue weighted by Crippen LogP contribution is -2.34. The van der Waals surface area contributed by atoms with Gasteiger partial charge < -0.3 is 5.32 Å². The fourth-order valence-electron chi connectivity index (χ4n) is 1.07. The Hall–Kier alpha value is -0.000000000000000111. The van der Waals surface area contributed by atoms with Gasteiger partial charge in [-0.2, -0.15) is 11.8 Å². The molecule has 1 aromatic rings. The van der Waals surface area contributed by atoms with Crippen molar-refractivity contribution < 1.29 is 4.79 Å². The number of hydrogen-bond acceptors (Lipinski definition) is 3. The Morgan fingerprint density at radius 3 is 3.00 bits per heavy atom. The number of thioether (sulfide) groups is 1. The maximum absolute atomic E-state index is 11.7. The van der Waals surface area contributed by atoms with Gasteiger partial charge in [0.1, 0.15) is 0 Å². The molecule has 1 atom stereocenters. The van der Waals surface area contributed by atoms with Crippen molar-refractivity contribution in [3.63, 3.8) is 0 Å². The first-order valence-electron chi connectivity index (χ1n) is 4.76. The third-order valence-electron chi connectivity index (χ3n) is 1.78. The van der Waals surface area contributed by atoms with Crippen molar-refractivity contribution >= 4 is 44.9 Å². The molecule has 0 aromatic carbocycles. The molecule has 0 saturated heterocycles. The van der Waals surface area contributed by atoms with Crippen LogP contribution in [-0.4, -0.2) is 23.5 Å². The van der Waals surface area contributed by atoms with Crippen LogP contribution in [0.2, 0.25) is 0 Å². The van der Waals surface area contributed by atoms with Crippen molar-refractivity contribution in [3.05, 3.63) is 20.8 Å². The van der Waals surface area contributed by atoms with Crippen molar-refractivity contribution in [2.75, 3.05) is 11.5 Å². The van der Waals surface area contributed by atoms with E-state index >= 15 is 0 Å². The zero-order valence-corrected chi connectivity index (χ0v) is 12.0. The van der Waals surface area contributed by atoms with Crippen LogP contribution in [-0.2, 0) is 0 Å². The maximum Gasteiger partial charge on any atom is 0.252 e. The largest absolute Gasteiger partial charge is 0.349 e. The first-order valence-corrected chi connectivity index (χ1v) is 7.59. The van der Waals surface area contributed by atoms with E-state index in [1.54, 1.807) is 0 Å². The van der Waals surface area contributed by atoms with E-state index in [1.165, 1.54) is 11.3 Å². The molecule has 1 aromatic heterocycles. The van der Waals surface area contributed by atoms with Crippen LogP contribution in [0.5, 0.6) is 0 Å². The van der Waals surface area contributed by atoms with Crippen molar-refractivity contribution in [2.45, 2.75) is 19.9 Å². The summed E-state index contributed by atoms with van der Waals surface area (Å²) in [6, 6.07) is 2.07. The third kappa shape index (κ3) is 4.57. The summed E-state index contributed by atoms with van der Waals surface area (Å²) in [5, 5.41) is 4.83. The molecule has 5 heteroatoms. The predicted molar refractivity (Wildman–Crippen MR) is 71.9 cm³/mol. The van der Waals surface area contributed by atoms with Crippen molar-refractivity contribution in [3.8, 4) is 0 Å². The van der Waals surface area contributed by atoms with Crippen LogP contribution in [0.4, 0.5) is 0 Å². The molecule has 0 aliphatic rings. The molecule has 0 aliphatic heterocycles. The molecule has 0 aliphatic carbocycles. The highest BCUT2D eigenvalue weighted by molar-refractivity contribution is 9.11. The van der Waals surface area contributed by atoms with Crippen LogP contribution in [0, 0.1) is 0 Å². The van der Waals surface area contributed by atoms with Crippen molar-refractivity contribution in [1.29, 1.82) is 0 Å². The number of halogens is 1. The van der Waals surface area contributed by atoms with Gasteiger partial charge in [-0.05, 0) is 34.7 Å². The van der Waals surface area contributed by atoms with Gasteiger partial charge in [0.25, 0.3) is 5.91 Å². The minimum atomic E-state index is 0.0150.